The molecule has 0 aliphatic heterocycles. The highest BCUT2D eigenvalue weighted by Gasteiger charge is 2.20. The Morgan fingerprint density at radius 1 is 1.00 bits per heavy atom. The molecule has 3 unspecified atom stereocenters. The summed E-state index contributed by atoms with van der Waals surface area (Å²) in [6, 6.07) is 0. The van der Waals surface area contributed by atoms with Crippen LogP contribution in [0.15, 0.2) is 0 Å². The van der Waals surface area contributed by atoms with Crippen molar-refractivity contribution in [3.63, 3.8) is 0 Å². The first-order chi connectivity index (χ1) is 4.68. The van der Waals surface area contributed by atoms with Crippen molar-refractivity contribution in [1.29, 1.82) is 0 Å². The standard InChI is InChI=1S/C7H11Br2I/c8-5-1-2-7(10)4-6(9)3-5/h5-7H,1-4H2. The molecular formula is C7H11Br2I. The minimum atomic E-state index is 0.737. The molecule has 0 bridgehead atoms. The molecule has 0 nitrogen and oxygen atoms in total. The highest BCUT2D eigenvalue weighted by atomic mass is 127. The molecule has 0 aromatic carbocycles. The highest BCUT2D eigenvalue weighted by Crippen LogP contribution is 2.31. The fourth-order valence-corrected chi connectivity index (χ4v) is 5.04. The first-order valence-electron chi connectivity index (χ1n) is 3.60. The Morgan fingerprint density at radius 2 is 1.70 bits per heavy atom. The Kier molecular flexibility index (Phi) is 4.55. The summed E-state index contributed by atoms with van der Waals surface area (Å²) >= 11 is 9.91. The van der Waals surface area contributed by atoms with E-state index in [0.717, 1.165) is 13.6 Å². The van der Waals surface area contributed by atoms with Crippen LogP contribution in [0.4, 0.5) is 0 Å². The van der Waals surface area contributed by atoms with Crippen molar-refractivity contribution in [3.8, 4) is 0 Å². The van der Waals surface area contributed by atoms with Gasteiger partial charge in [0.25, 0.3) is 0 Å². The third-order valence-corrected chi connectivity index (χ3v) is 4.53. The van der Waals surface area contributed by atoms with Crippen molar-refractivity contribution in [3.05, 3.63) is 0 Å². The second-order valence-corrected chi connectivity index (χ2v) is 7.19. The van der Waals surface area contributed by atoms with Crippen LogP contribution in [0.25, 0.3) is 0 Å². The van der Waals surface area contributed by atoms with E-state index in [0.29, 0.717) is 0 Å². The predicted molar refractivity (Wildman–Crippen MR) is 61.7 cm³/mol. The van der Waals surface area contributed by atoms with Crippen molar-refractivity contribution in [2.24, 2.45) is 0 Å². The summed E-state index contributed by atoms with van der Waals surface area (Å²) in [5.41, 5.74) is 0. The van der Waals surface area contributed by atoms with E-state index in [2.05, 4.69) is 54.5 Å². The van der Waals surface area contributed by atoms with Gasteiger partial charge in [-0.3, -0.25) is 0 Å². The van der Waals surface area contributed by atoms with Crippen LogP contribution in [-0.4, -0.2) is 13.6 Å². The van der Waals surface area contributed by atoms with Gasteiger partial charge in [-0.15, -0.1) is 0 Å². The molecule has 0 amide bonds. The summed E-state index contributed by atoms with van der Waals surface area (Å²) in [5.74, 6) is 0. The van der Waals surface area contributed by atoms with Crippen LogP contribution in [0.3, 0.4) is 0 Å². The van der Waals surface area contributed by atoms with E-state index in [1.165, 1.54) is 25.7 Å². The van der Waals surface area contributed by atoms with Gasteiger partial charge in [0.2, 0.25) is 0 Å². The Labute approximate surface area is 92.9 Å². The second kappa shape index (κ2) is 4.65. The molecule has 1 aliphatic carbocycles. The summed E-state index contributed by atoms with van der Waals surface area (Å²) in [5, 5.41) is 0. The maximum Gasteiger partial charge on any atom is 0.0166 e. The van der Waals surface area contributed by atoms with Gasteiger partial charge in [-0.2, -0.15) is 0 Å². The minimum absolute atomic E-state index is 0.737. The first-order valence-corrected chi connectivity index (χ1v) is 6.68. The van der Waals surface area contributed by atoms with Gasteiger partial charge in [-0.05, 0) is 25.7 Å². The fourth-order valence-electron chi connectivity index (χ4n) is 1.25. The van der Waals surface area contributed by atoms with Crippen LogP contribution >= 0.6 is 54.5 Å². The molecule has 0 heterocycles. The summed E-state index contributed by atoms with van der Waals surface area (Å²) in [6.45, 7) is 0. The highest BCUT2D eigenvalue weighted by molar-refractivity contribution is 14.1. The van der Waals surface area contributed by atoms with Gasteiger partial charge >= 0.3 is 0 Å². The van der Waals surface area contributed by atoms with Crippen molar-refractivity contribution >= 4 is 54.5 Å². The smallest absolute Gasteiger partial charge is 0.0166 e. The molecule has 1 fully saturated rings. The Bertz CT molecular complexity index is 95.8. The van der Waals surface area contributed by atoms with E-state index in [1.54, 1.807) is 0 Å². The molecule has 10 heavy (non-hydrogen) atoms. The molecule has 60 valence electrons. The van der Waals surface area contributed by atoms with E-state index >= 15 is 0 Å². The molecule has 0 spiro atoms. The Hall–Kier alpha value is 1.69. The molecular weight excluding hydrogens is 371 g/mol. The lowest BCUT2D eigenvalue weighted by atomic mass is 10.2. The molecule has 0 N–H and O–H groups in total. The van der Waals surface area contributed by atoms with E-state index in [-0.39, 0.29) is 0 Å². The van der Waals surface area contributed by atoms with Gasteiger partial charge in [0.1, 0.15) is 0 Å². The number of rotatable bonds is 0. The Balaban J connectivity index is 2.38. The number of hydrogen-bond acceptors (Lipinski definition) is 0. The van der Waals surface area contributed by atoms with Gasteiger partial charge in [0, 0.05) is 13.6 Å². The van der Waals surface area contributed by atoms with Gasteiger partial charge in [-0.25, -0.2) is 0 Å². The molecule has 3 atom stereocenters. The summed E-state index contributed by atoms with van der Waals surface area (Å²) in [7, 11) is 0. The SMILES string of the molecule is BrC1CCC(I)CC(Br)C1. The van der Waals surface area contributed by atoms with Crippen LogP contribution in [0, 0.1) is 0 Å². The van der Waals surface area contributed by atoms with Gasteiger partial charge in [0.15, 0.2) is 0 Å². The third-order valence-electron chi connectivity index (χ3n) is 1.82. The lowest BCUT2D eigenvalue weighted by Crippen LogP contribution is -2.04. The molecule has 1 aliphatic rings. The third kappa shape index (κ3) is 3.39. The fraction of sp³-hybridized carbons (Fsp3) is 1.00. The quantitative estimate of drug-likeness (QED) is 0.339. The molecule has 1 rings (SSSR count). The van der Waals surface area contributed by atoms with Crippen molar-refractivity contribution in [2.45, 2.75) is 39.3 Å². The lowest BCUT2D eigenvalue weighted by molar-refractivity contribution is 0.743. The number of halogens is 3. The minimum Gasteiger partial charge on any atom is -0.0890 e. The van der Waals surface area contributed by atoms with Gasteiger partial charge < -0.3 is 0 Å². The lowest BCUT2D eigenvalue weighted by Gasteiger charge is -2.08. The van der Waals surface area contributed by atoms with Crippen molar-refractivity contribution < 1.29 is 0 Å². The van der Waals surface area contributed by atoms with Crippen LogP contribution in [0.1, 0.15) is 25.7 Å². The maximum absolute atomic E-state index is 3.68. The maximum atomic E-state index is 3.68. The molecule has 0 radical (unpaired) electrons. The van der Waals surface area contributed by atoms with E-state index in [4.69, 9.17) is 0 Å². The molecule has 0 saturated heterocycles. The average Bonchev–Trinajstić information content (AvgIpc) is 1.93. The zero-order chi connectivity index (χ0) is 7.56. The average molecular weight is 382 g/mol. The predicted octanol–water partition coefficient (Wildman–Crippen LogP) is 3.89. The zero-order valence-electron chi connectivity index (χ0n) is 5.69. The van der Waals surface area contributed by atoms with Gasteiger partial charge in [0.05, 0.1) is 0 Å². The zero-order valence-corrected chi connectivity index (χ0v) is 11.0. The van der Waals surface area contributed by atoms with Crippen LogP contribution < -0.4 is 0 Å². The Morgan fingerprint density at radius 3 is 2.40 bits per heavy atom. The molecule has 0 aromatic rings. The van der Waals surface area contributed by atoms with Crippen LogP contribution in [0.2, 0.25) is 0 Å². The summed E-state index contributed by atoms with van der Waals surface area (Å²) in [6.07, 6.45) is 5.34. The topological polar surface area (TPSA) is 0 Å². The van der Waals surface area contributed by atoms with Crippen molar-refractivity contribution in [1.82, 2.24) is 0 Å². The monoisotopic (exact) mass is 380 g/mol. The number of hydrogen-bond donors (Lipinski definition) is 0. The van der Waals surface area contributed by atoms with E-state index < -0.39 is 0 Å². The van der Waals surface area contributed by atoms with Crippen molar-refractivity contribution in [2.75, 3.05) is 0 Å². The normalized spacial score (nSPS) is 42.9. The molecule has 1 saturated carbocycles. The van der Waals surface area contributed by atoms with E-state index in [1.807, 2.05) is 0 Å². The summed E-state index contributed by atoms with van der Waals surface area (Å²) < 4.78 is 0.879. The second-order valence-electron chi connectivity index (χ2n) is 2.84. The van der Waals surface area contributed by atoms with Crippen LogP contribution in [-0.2, 0) is 0 Å². The summed E-state index contributed by atoms with van der Waals surface area (Å²) in [4.78, 5) is 1.48. The molecule has 3 heteroatoms. The largest absolute Gasteiger partial charge is 0.0890 e. The van der Waals surface area contributed by atoms with Crippen LogP contribution in [0.5, 0.6) is 0 Å². The number of alkyl halides is 3. The van der Waals surface area contributed by atoms with Gasteiger partial charge in [-0.1, -0.05) is 54.5 Å². The first kappa shape index (κ1) is 9.78. The van der Waals surface area contributed by atoms with E-state index in [9.17, 15) is 0 Å². The molecule has 0 aromatic heterocycles.